The molecule has 0 aromatic heterocycles. The third-order valence-electron chi connectivity index (χ3n) is 3.70. The van der Waals surface area contributed by atoms with Gasteiger partial charge in [-0.15, -0.1) is 0 Å². The van der Waals surface area contributed by atoms with Crippen LogP contribution in [0.4, 0.5) is 0 Å². The molecule has 0 N–H and O–H groups in total. The van der Waals surface area contributed by atoms with Crippen LogP contribution in [0.25, 0.3) is 6.08 Å². The van der Waals surface area contributed by atoms with Gasteiger partial charge in [0.2, 0.25) is 0 Å². The van der Waals surface area contributed by atoms with Crippen molar-refractivity contribution in [1.29, 1.82) is 0 Å². The van der Waals surface area contributed by atoms with E-state index in [1.165, 1.54) is 5.57 Å². The van der Waals surface area contributed by atoms with E-state index in [1.807, 2.05) is 50.3 Å². The molecule has 0 spiro atoms. The normalized spacial score (nSPS) is 23.5. The van der Waals surface area contributed by atoms with Gasteiger partial charge in [0.1, 0.15) is 0 Å². The zero-order valence-corrected chi connectivity index (χ0v) is 11.8. The number of carbonyl (C=O) groups is 1. The molecule has 1 aromatic rings. The molecule has 1 atom stereocenters. The van der Waals surface area contributed by atoms with Gasteiger partial charge in [0.05, 0.1) is 5.76 Å². The second-order valence-electron chi connectivity index (χ2n) is 5.28. The van der Waals surface area contributed by atoms with Crippen molar-refractivity contribution in [2.45, 2.75) is 39.2 Å². The Kier molecular flexibility index (Phi) is 3.89. The second-order valence-corrected chi connectivity index (χ2v) is 5.28. The molecule has 1 aliphatic rings. The van der Waals surface area contributed by atoms with Crippen molar-refractivity contribution in [1.82, 2.24) is 0 Å². The minimum absolute atomic E-state index is 0.0307. The molecule has 0 aliphatic carbocycles. The van der Waals surface area contributed by atoms with Gasteiger partial charge in [0.25, 0.3) is 0 Å². The molecular formula is C17H20O2. The van der Waals surface area contributed by atoms with Gasteiger partial charge in [-0.3, -0.25) is 4.79 Å². The highest BCUT2D eigenvalue weighted by Crippen LogP contribution is 2.32. The maximum Gasteiger partial charge on any atom is 0.198 e. The zero-order valence-electron chi connectivity index (χ0n) is 11.8. The molecule has 1 aromatic carbocycles. The van der Waals surface area contributed by atoms with Crippen molar-refractivity contribution in [3.8, 4) is 0 Å². The van der Waals surface area contributed by atoms with Gasteiger partial charge in [0, 0.05) is 0 Å². The van der Waals surface area contributed by atoms with E-state index in [9.17, 15) is 4.79 Å². The van der Waals surface area contributed by atoms with Crippen LogP contribution in [-0.4, -0.2) is 11.4 Å². The molecule has 0 radical (unpaired) electrons. The van der Waals surface area contributed by atoms with Crippen molar-refractivity contribution in [2.75, 3.05) is 0 Å². The summed E-state index contributed by atoms with van der Waals surface area (Å²) in [6.07, 6.45) is 5.14. The van der Waals surface area contributed by atoms with E-state index in [-0.39, 0.29) is 5.78 Å². The van der Waals surface area contributed by atoms with Gasteiger partial charge in [-0.1, -0.05) is 36.4 Å². The summed E-state index contributed by atoms with van der Waals surface area (Å²) in [5.74, 6) is 0.915. The van der Waals surface area contributed by atoms with Crippen LogP contribution in [0.15, 0.2) is 47.7 Å². The molecule has 0 saturated heterocycles. The molecule has 0 saturated carbocycles. The number of rotatable bonds is 3. The molecule has 1 unspecified atom stereocenters. The number of benzene rings is 1. The van der Waals surface area contributed by atoms with Crippen molar-refractivity contribution < 1.29 is 9.53 Å². The van der Waals surface area contributed by atoms with Crippen LogP contribution in [0.3, 0.4) is 0 Å². The lowest BCUT2D eigenvalue weighted by Gasteiger charge is -2.33. The minimum Gasteiger partial charge on any atom is -0.484 e. The first kappa shape index (κ1) is 13.6. The average molecular weight is 256 g/mol. The number of ether oxygens (including phenoxy) is 1. The fourth-order valence-electron chi connectivity index (χ4n) is 2.16. The Bertz CT molecular complexity index is 525. The Hall–Kier alpha value is -1.83. The van der Waals surface area contributed by atoms with Crippen LogP contribution in [0.5, 0.6) is 0 Å². The largest absolute Gasteiger partial charge is 0.484 e. The van der Waals surface area contributed by atoms with E-state index in [0.29, 0.717) is 0 Å². The Morgan fingerprint density at radius 1 is 1.26 bits per heavy atom. The van der Waals surface area contributed by atoms with Crippen molar-refractivity contribution in [2.24, 2.45) is 0 Å². The first-order valence-electron chi connectivity index (χ1n) is 6.64. The van der Waals surface area contributed by atoms with Crippen molar-refractivity contribution >= 4 is 11.9 Å². The standard InChI is InChI=1S/C17H20O2/c1-13-11-12-17(3,19-14(13)2)16(18)10-9-15-7-5-4-6-8-15/h4-10H,11-12H2,1-3H3. The molecule has 1 aliphatic heterocycles. The monoisotopic (exact) mass is 256 g/mol. The average Bonchev–Trinajstić information content (AvgIpc) is 2.42. The smallest absolute Gasteiger partial charge is 0.198 e. The summed E-state index contributed by atoms with van der Waals surface area (Å²) in [6.45, 7) is 5.86. The molecule has 0 amide bonds. The van der Waals surface area contributed by atoms with E-state index >= 15 is 0 Å². The predicted octanol–water partition coefficient (Wildman–Crippen LogP) is 4.13. The minimum atomic E-state index is -0.713. The Morgan fingerprint density at radius 2 is 1.95 bits per heavy atom. The lowest BCUT2D eigenvalue weighted by molar-refractivity contribution is -0.134. The van der Waals surface area contributed by atoms with Crippen molar-refractivity contribution in [3.63, 3.8) is 0 Å². The highest BCUT2D eigenvalue weighted by atomic mass is 16.5. The highest BCUT2D eigenvalue weighted by Gasteiger charge is 2.36. The van der Waals surface area contributed by atoms with Crippen molar-refractivity contribution in [3.05, 3.63) is 53.3 Å². The molecule has 0 bridgehead atoms. The molecule has 2 rings (SSSR count). The zero-order chi connectivity index (χ0) is 13.9. The summed E-state index contributed by atoms with van der Waals surface area (Å²) in [7, 11) is 0. The summed E-state index contributed by atoms with van der Waals surface area (Å²) < 4.78 is 5.82. The summed E-state index contributed by atoms with van der Waals surface area (Å²) in [5, 5.41) is 0. The maximum absolute atomic E-state index is 12.3. The second kappa shape index (κ2) is 5.43. The number of carbonyl (C=O) groups excluding carboxylic acids is 1. The molecule has 0 fully saturated rings. The summed E-state index contributed by atoms with van der Waals surface area (Å²) in [4.78, 5) is 12.3. The first-order chi connectivity index (χ1) is 9.01. The van der Waals surface area contributed by atoms with E-state index in [0.717, 1.165) is 24.2 Å². The van der Waals surface area contributed by atoms with Gasteiger partial charge < -0.3 is 4.74 Å². The van der Waals surface area contributed by atoms with E-state index < -0.39 is 5.60 Å². The van der Waals surface area contributed by atoms with Crippen LogP contribution in [0.2, 0.25) is 0 Å². The van der Waals surface area contributed by atoms with Gasteiger partial charge in [-0.2, -0.15) is 0 Å². The summed E-state index contributed by atoms with van der Waals surface area (Å²) in [5.41, 5.74) is 1.55. The molecule has 1 heterocycles. The van der Waals surface area contributed by atoms with E-state index in [2.05, 4.69) is 6.92 Å². The first-order valence-corrected chi connectivity index (χ1v) is 6.64. The topological polar surface area (TPSA) is 26.3 Å². The SMILES string of the molecule is CC1=C(C)OC(C)(C(=O)C=Cc2ccccc2)CC1. The van der Waals surface area contributed by atoms with Crippen LogP contribution >= 0.6 is 0 Å². The predicted molar refractivity (Wildman–Crippen MR) is 77.6 cm³/mol. The third kappa shape index (κ3) is 3.14. The highest BCUT2D eigenvalue weighted by molar-refractivity contribution is 6.00. The molecular weight excluding hydrogens is 236 g/mol. The Labute approximate surface area is 114 Å². The Morgan fingerprint density at radius 3 is 2.58 bits per heavy atom. The molecule has 19 heavy (non-hydrogen) atoms. The van der Waals surface area contributed by atoms with Gasteiger partial charge in [-0.05, 0) is 50.8 Å². The molecule has 100 valence electrons. The summed E-state index contributed by atoms with van der Waals surface area (Å²) >= 11 is 0. The van der Waals surface area contributed by atoms with Crippen LogP contribution in [0.1, 0.15) is 39.2 Å². The third-order valence-corrected chi connectivity index (χ3v) is 3.70. The number of hydrogen-bond donors (Lipinski definition) is 0. The Balaban J connectivity index is 2.10. The van der Waals surface area contributed by atoms with Gasteiger partial charge in [-0.25, -0.2) is 0 Å². The van der Waals surface area contributed by atoms with Crippen LogP contribution in [0, 0.1) is 0 Å². The van der Waals surface area contributed by atoms with E-state index in [1.54, 1.807) is 6.08 Å². The fourth-order valence-corrected chi connectivity index (χ4v) is 2.16. The fraction of sp³-hybridized carbons (Fsp3) is 0.353. The van der Waals surface area contributed by atoms with Gasteiger partial charge in [0.15, 0.2) is 11.4 Å². The lowest BCUT2D eigenvalue weighted by atomic mass is 9.89. The number of allylic oxidation sites excluding steroid dienone is 2. The lowest BCUT2D eigenvalue weighted by Crippen LogP contribution is -2.39. The number of ketones is 1. The van der Waals surface area contributed by atoms with Crippen LogP contribution in [-0.2, 0) is 9.53 Å². The van der Waals surface area contributed by atoms with Gasteiger partial charge >= 0.3 is 0 Å². The number of hydrogen-bond acceptors (Lipinski definition) is 2. The summed E-state index contributed by atoms with van der Waals surface area (Å²) in [6, 6.07) is 9.83. The van der Waals surface area contributed by atoms with Crippen LogP contribution < -0.4 is 0 Å². The maximum atomic E-state index is 12.3. The molecule has 2 nitrogen and oxygen atoms in total. The molecule has 2 heteroatoms. The quantitative estimate of drug-likeness (QED) is 0.760. The van der Waals surface area contributed by atoms with E-state index in [4.69, 9.17) is 4.74 Å².